The summed E-state index contributed by atoms with van der Waals surface area (Å²) in [5, 5.41) is 14.6. The van der Waals surface area contributed by atoms with Gasteiger partial charge in [0.05, 0.1) is 6.54 Å². The minimum Gasteiger partial charge on any atom is -0.480 e. The number of aliphatic carboxylic acids is 1. The summed E-state index contributed by atoms with van der Waals surface area (Å²) in [6.07, 6.45) is 1.93. The smallest absolute Gasteiger partial charge is 0.323 e. The number of carbonyl (C=O) groups excluding carboxylic acids is 1. The SMILES string of the molecule is Cc1ccc(CNC(=O)CNC2(C(=O)O)CCC2)cc1F. The lowest BCUT2D eigenvalue weighted by molar-refractivity contribution is -0.149. The molecule has 0 spiro atoms. The van der Waals surface area contributed by atoms with Gasteiger partial charge in [-0.05, 0) is 43.4 Å². The third kappa shape index (κ3) is 3.58. The molecule has 0 saturated heterocycles. The average molecular weight is 294 g/mol. The van der Waals surface area contributed by atoms with Crippen LogP contribution in [0.25, 0.3) is 0 Å². The molecule has 6 heteroatoms. The van der Waals surface area contributed by atoms with Gasteiger partial charge < -0.3 is 10.4 Å². The lowest BCUT2D eigenvalue weighted by atomic mass is 9.77. The van der Waals surface area contributed by atoms with Gasteiger partial charge in [0.25, 0.3) is 0 Å². The van der Waals surface area contributed by atoms with Gasteiger partial charge in [-0.15, -0.1) is 0 Å². The van der Waals surface area contributed by atoms with Crippen LogP contribution in [0.3, 0.4) is 0 Å². The fourth-order valence-electron chi connectivity index (χ4n) is 2.26. The highest BCUT2D eigenvalue weighted by Gasteiger charge is 2.44. The molecule has 0 radical (unpaired) electrons. The van der Waals surface area contributed by atoms with Crippen molar-refractivity contribution in [3.63, 3.8) is 0 Å². The van der Waals surface area contributed by atoms with E-state index in [2.05, 4.69) is 10.6 Å². The zero-order valence-corrected chi connectivity index (χ0v) is 11.9. The molecular weight excluding hydrogens is 275 g/mol. The van der Waals surface area contributed by atoms with Crippen molar-refractivity contribution in [2.45, 2.75) is 38.3 Å². The van der Waals surface area contributed by atoms with Crippen LogP contribution in [-0.4, -0.2) is 29.1 Å². The second kappa shape index (κ2) is 6.22. The first kappa shape index (κ1) is 15.4. The lowest BCUT2D eigenvalue weighted by Gasteiger charge is -2.38. The summed E-state index contributed by atoms with van der Waals surface area (Å²) in [5.74, 6) is -1.52. The van der Waals surface area contributed by atoms with E-state index < -0.39 is 11.5 Å². The standard InChI is InChI=1S/C15H19FN2O3/c1-10-3-4-11(7-12(10)16)8-17-13(19)9-18-15(14(20)21)5-2-6-15/h3-4,7,18H,2,5-6,8-9H2,1H3,(H,17,19)(H,20,21). The molecule has 0 bridgehead atoms. The van der Waals surface area contributed by atoms with Crippen molar-refractivity contribution in [2.24, 2.45) is 0 Å². The number of hydrogen-bond acceptors (Lipinski definition) is 3. The number of carboxylic acid groups (broad SMARTS) is 1. The summed E-state index contributed by atoms with van der Waals surface area (Å²) >= 11 is 0. The molecule has 0 aromatic heterocycles. The highest BCUT2D eigenvalue weighted by Crippen LogP contribution is 2.31. The number of carbonyl (C=O) groups is 2. The predicted octanol–water partition coefficient (Wildman–Crippen LogP) is 1.35. The Morgan fingerprint density at radius 1 is 1.38 bits per heavy atom. The molecule has 21 heavy (non-hydrogen) atoms. The molecule has 1 aromatic rings. The Bertz CT molecular complexity index is 556. The van der Waals surface area contributed by atoms with Crippen molar-refractivity contribution in [1.29, 1.82) is 0 Å². The van der Waals surface area contributed by atoms with Crippen molar-refractivity contribution < 1.29 is 19.1 Å². The highest BCUT2D eigenvalue weighted by atomic mass is 19.1. The Morgan fingerprint density at radius 2 is 2.10 bits per heavy atom. The number of hydrogen-bond donors (Lipinski definition) is 3. The Kier molecular flexibility index (Phi) is 4.57. The van der Waals surface area contributed by atoms with Crippen LogP contribution in [0.15, 0.2) is 18.2 Å². The summed E-state index contributed by atoms with van der Waals surface area (Å²) in [7, 11) is 0. The molecule has 114 valence electrons. The zero-order chi connectivity index (χ0) is 15.5. The van der Waals surface area contributed by atoms with E-state index >= 15 is 0 Å². The molecule has 1 fully saturated rings. The molecule has 0 unspecified atom stereocenters. The van der Waals surface area contributed by atoms with Crippen LogP contribution in [0.1, 0.15) is 30.4 Å². The van der Waals surface area contributed by atoms with Gasteiger partial charge in [0.2, 0.25) is 5.91 Å². The Labute approximate surface area is 122 Å². The summed E-state index contributed by atoms with van der Waals surface area (Å²) in [6.45, 7) is 1.84. The number of nitrogens with one attached hydrogen (secondary N) is 2. The molecule has 0 heterocycles. The van der Waals surface area contributed by atoms with E-state index in [0.717, 1.165) is 6.42 Å². The molecule has 1 aliphatic rings. The number of halogens is 1. The van der Waals surface area contributed by atoms with Crippen molar-refractivity contribution in [3.05, 3.63) is 35.1 Å². The van der Waals surface area contributed by atoms with Crippen LogP contribution >= 0.6 is 0 Å². The molecular formula is C15H19FN2O3. The number of benzene rings is 1. The summed E-state index contributed by atoms with van der Waals surface area (Å²) < 4.78 is 13.4. The van der Waals surface area contributed by atoms with Crippen molar-refractivity contribution in [2.75, 3.05) is 6.54 Å². The van der Waals surface area contributed by atoms with Gasteiger partial charge in [-0.2, -0.15) is 0 Å². The first-order valence-corrected chi connectivity index (χ1v) is 6.93. The third-order valence-electron chi connectivity index (χ3n) is 3.93. The van der Waals surface area contributed by atoms with E-state index in [9.17, 15) is 14.0 Å². The maximum absolute atomic E-state index is 13.4. The second-order valence-electron chi connectivity index (χ2n) is 5.45. The van der Waals surface area contributed by atoms with Gasteiger partial charge in [-0.3, -0.25) is 14.9 Å². The molecule has 5 nitrogen and oxygen atoms in total. The van der Waals surface area contributed by atoms with Crippen LogP contribution in [0.4, 0.5) is 4.39 Å². The summed E-state index contributed by atoms with van der Waals surface area (Å²) in [6, 6.07) is 4.79. The van der Waals surface area contributed by atoms with Gasteiger partial charge in [-0.1, -0.05) is 12.1 Å². The van der Waals surface area contributed by atoms with Crippen LogP contribution in [0, 0.1) is 12.7 Å². The van der Waals surface area contributed by atoms with E-state index in [-0.39, 0.29) is 24.8 Å². The number of aryl methyl sites for hydroxylation is 1. The predicted molar refractivity (Wildman–Crippen MR) is 75.2 cm³/mol. The second-order valence-corrected chi connectivity index (χ2v) is 5.45. The maximum Gasteiger partial charge on any atom is 0.323 e. The average Bonchev–Trinajstić information content (AvgIpc) is 2.38. The molecule has 0 aliphatic heterocycles. The monoisotopic (exact) mass is 294 g/mol. The van der Waals surface area contributed by atoms with Crippen LogP contribution in [-0.2, 0) is 16.1 Å². The summed E-state index contributed by atoms with van der Waals surface area (Å²) in [5.41, 5.74) is 0.274. The van der Waals surface area contributed by atoms with E-state index in [4.69, 9.17) is 5.11 Å². The fraction of sp³-hybridized carbons (Fsp3) is 0.467. The van der Waals surface area contributed by atoms with Crippen LogP contribution in [0.5, 0.6) is 0 Å². The highest BCUT2D eigenvalue weighted by molar-refractivity contribution is 5.83. The molecule has 1 aromatic carbocycles. The largest absolute Gasteiger partial charge is 0.480 e. The van der Waals surface area contributed by atoms with E-state index in [1.165, 1.54) is 6.07 Å². The summed E-state index contributed by atoms with van der Waals surface area (Å²) in [4.78, 5) is 22.8. The molecule has 3 N–H and O–H groups in total. The van der Waals surface area contributed by atoms with Crippen molar-refractivity contribution >= 4 is 11.9 Å². The van der Waals surface area contributed by atoms with Gasteiger partial charge in [-0.25, -0.2) is 4.39 Å². The van der Waals surface area contributed by atoms with Gasteiger partial charge >= 0.3 is 5.97 Å². The number of amides is 1. The molecule has 1 saturated carbocycles. The van der Waals surface area contributed by atoms with Gasteiger partial charge in [0, 0.05) is 6.54 Å². The van der Waals surface area contributed by atoms with E-state index in [0.29, 0.717) is 24.0 Å². The fourth-order valence-corrected chi connectivity index (χ4v) is 2.26. The molecule has 0 atom stereocenters. The first-order chi connectivity index (χ1) is 9.93. The minimum atomic E-state index is -0.951. The van der Waals surface area contributed by atoms with Crippen molar-refractivity contribution in [1.82, 2.24) is 10.6 Å². The normalized spacial score (nSPS) is 16.1. The first-order valence-electron chi connectivity index (χ1n) is 6.93. The van der Waals surface area contributed by atoms with Crippen LogP contribution < -0.4 is 10.6 Å². The van der Waals surface area contributed by atoms with Gasteiger partial charge in [0.1, 0.15) is 11.4 Å². The topological polar surface area (TPSA) is 78.4 Å². The van der Waals surface area contributed by atoms with Crippen molar-refractivity contribution in [3.8, 4) is 0 Å². The van der Waals surface area contributed by atoms with E-state index in [1.807, 2.05) is 0 Å². The quantitative estimate of drug-likeness (QED) is 0.740. The maximum atomic E-state index is 13.4. The Hall–Kier alpha value is -1.95. The molecule has 1 aliphatic carbocycles. The Balaban J connectivity index is 1.79. The number of carboxylic acids is 1. The van der Waals surface area contributed by atoms with Gasteiger partial charge in [0.15, 0.2) is 0 Å². The lowest BCUT2D eigenvalue weighted by Crippen LogP contribution is -2.59. The minimum absolute atomic E-state index is 0.0549. The molecule has 1 amide bonds. The zero-order valence-electron chi connectivity index (χ0n) is 11.9. The number of rotatable bonds is 6. The van der Waals surface area contributed by atoms with E-state index in [1.54, 1.807) is 19.1 Å². The molecule has 2 rings (SSSR count). The van der Waals surface area contributed by atoms with Crippen LogP contribution in [0.2, 0.25) is 0 Å². The third-order valence-corrected chi connectivity index (χ3v) is 3.93. The Morgan fingerprint density at radius 3 is 2.62 bits per heavy atom.